The zero-order chi connectivity index (χ0) is 18.5. The van der Waals surface area contributed by atoms with Crippen LogP contribution < -0.4 is 10.2 Å². The Balaban J connectivity index is 1.56. The summed E-state index contributed by atoms with van der Waals surface area (Å²) in [5.41, 5.74) is 2.17. The molecule has 0 unspecified atom stereocenters. The van der Waals surface area contributed by atoms with Crippen LogP contribution in [0.15, 0.2) is 42.5 Å². The molecule has 1 aliphatic rings. The van der Waals surface area contributed by atoms with Crippen molar-refractivity contribution in [1.82, 2.24) is 5.32 Å². The van der Waals surface area contributed by atoms with Gasteiger partial charge < -0.3 is 10.2 Å². The number of nitrogens with zero attached hydrogens (tertiary/aromatic N) is 2. The van der Waals surface area contributed by atoms with Crippen molar-refractivity contribution in [1.29, 1.82) is 5.26 Å². The number of anilines is 1. The van der Waals surface area contributed by atoms with Crippen LogP contribution in [0.2, 0.25) is 5.02 Å². The molecule has 0 aliphatic carbocycles. The van der Waals surface area contributed by atoms with Crippen molar-refractivity contribution < 1.29 is 9.18 Å². The molecule has 2 aromatic carbocycles. The van der Waals surface area contributed by atoms with E-state index in [0.29, 0.717) is 43.1 Å². The van der Waals surface area contributed by atoms with Gasteiger partial charge in [-0.15, -0.1) is 0 Å². The highest BCUT2D eigenvalue weighted by atomic mass is 35.5. The SMILES string of the molecule is N#Cc1cccc(Cl)c1N1CCC(C(=O)NCc2ccc(F)cc2)CC1. The van der Waals surface area contributed by atoms with Gasteiger partial charge >= 0.3 is 0 Å². The summed E-state index contributed by atoms with van der Waals surface area (Å²) in [5.74, 6) is -0.350. The second kappa shape index (κ2) is 8.20. The quantitative estimate of drug-likeness (QED) is 0.887. The molecule has 0 radical (unpaired) electrons. The van der Waals surface area contributed by atoms with Gasteiger partial charge in [0.05, 0.1) is 16.3 Å². The highest BCUT2D eigenvalue weighted by Crippen LogP contribution is 2.32. The Hall–Kier alpha value is -2.58. The van der Waals surface area contributed by atoms with Crippen molar-refractivity contribution in [3.63, 3.8) is 0 Å². The van der Waals surface area contributed by atoms with Crippen LogP contribution in [0, 0.1) is 23.1 Å². The van der Waals surface area contributed by atoms with Crippen LogP contribution in [0.4, 0.5) is 10.1 Å². The Morgan fingerprint density at radius 1 is 1.23 bits per heavy atom. The molecule has 0 saturated carbocycles. The number of carbonyl (C=O) groups excluding carboxylic acids is 1. The lowest BCUT2D eigenvalue weighted by molar-refractivity contribution is -0.125. The summed E-state index contributed by atoms with van der Waals surface area (Å²) in [6.07, 6.45) is 1.40. The van der Waals surface area contributed by atoms with Crippen LogP contribution in [0.25, 0.3) is 0 Å². The van der Waals surface area contributed by atoms with E-state index in [-0.39, 0.29) is 17.6 Å². The van der Waals surface area contributed by atoms with E-state index < -0.39 is 0 Å². The molecule has 2 aromatic rings. The van der Waals surface area contributed by atoms with E-state index in [1.807, 2.05) is 0 Å². The lowest BCUT2D eigenvalue weighted by atomic mass is 9.95. The van der Waals surface area contributed by atoms with E-state index in [1.54, 1.807) is 30.3 Å². The maximum atomic E-state index is 12.9. The van der Waals surface area contributed by atoms with E-state index >= 15 is 0 Å². The molecular weight excluding hydrogens is 353 g/mol. The summed E-state index contributed by atoms with van der Waals surface area (Å²) in [6.45, 7) is 1.74. The first-order chi connectivity index (χ1) is 12.6. The number of nitrogens with one attached hydrogen (secondary N) is 1. The average molecular weight is 372 g/mol. The normalized spacial score (nSPS) is 14.7. The van der Waals surface area contributed by atoms with Crippen LogP contribution in [0.5, 0.6) is 0 Å². The van der Waals surface area contributed by atoms with Crippen molar-refractivity contribution in [2.75, 3.05) is 18.0 Å². The summed E-state index contributed by atoms with van der Waals surface area (Å²) >= 11 is 6.27. The zero-order valence-corrected chi connectivity index (χ0v) is 15.0. The minimum Gasteiger partial charge on any atom is -0.369 e. The third-order valence-corrected chi connectivity index (χ3v) is 4.97. The molecule has 0 aromatic heterocycles. The maximum absolute atomic E-state index is 12.9. The molecular formula is C20H19ClFN3O. The van der Waals surface area contributed by atoms with Gasteiger partial charge in [-0.05, 0) is 42.7 Å². The number of carbonyl (C=O) groups is 1. The van der Waals surface area contributed by atoms with Gasteiger partial charge in [0.2, 0.25) is 5.91 Å². The first-order valence-electron chi connectivity index (χ1n) is 8.54. The van der Waals surface area contributed by atoms with E-state index in [4.69, 9.17) is 11.6 Å². The molecule has 4 nitrogen and oxygen atoms in total. The fourth-order valence-corrected chi connectivity index (χ4v) is 3.52. The third-order valence-electron chi connectivity index (χ3n) is 4.67. The summed E-state index contributed by atoms with van der Waals surface area (Å²) in [5, 5.41) is 12.8. The highest BCUT2D eigenvalue weighted by molar-refractivity contribution is 6.33. The number of rotatable bonds is 4. The zero-order valence-electron chi connectivity index (χ0n) is 14.2. The van der Waals surface area contributed by atoms with Crippen molar-refractivity contribution in [2.45, 2.75) is 19.4 Å². The topological polar surface area (TPSA) is 56.1 Å². The van der Waals surface area contributed by atoms with Crippen molar-refractivity contribution >= 4 is 23.2 Å². The number of hydrogen-bond donors (Lipinski definition) is 1. The number of benzene rings is 2. The van der Waals surface area contributed by atoms with Gasteiger partial charge in [0.1, 0.15) is 11.9 Å². The highest BCUT2D eigenvalue weighted by Gasteiger charge is 2.27. The van der Waals surface area contributed by atoms with Gasteiger partial charge in [0, 0.05) is 25.6 Å². The number of halogens is 2. The van der Waals surface area contributed by atoms with Crippen LogP contribution in [0.1, 0.15) is 24.0 Å². The Morgan fingerprint density at radius 3 is 2.58 bits per heavy atom. The lowest BCUT2D eigenvalue weighted by Gasteiger charge is -2.34. The van der Waals surface area contributed by atoms with Gasteiger partial charge in [0.25, 0.3) is 0 Å². The molecule has 0 atom stereocenters. The van der Waals surface area contributed by atoms with Crippen LogP contribution in [0.3, 0.4) is 0 Å². The molecule has 1 N–H and O–H groups in total. The molecule has 3 rings (SSSR count). The predicted molar refractivity (Wildman–Crippen MR) is 99.4 cm³/mol. The first-order valence-corrected chi connectivity index (χ1v) is 8.92. The van der Waals surface area contributed by atoms with Gasteiger partial charge in [-0.3, -0.25) is 4.79 Å². The standard InChI is InChI=1S/C20H19ClFN3O/c21-18-3-1-2-16(12-23)19(18)25-10-8-15(9-11-25)20(26)24-13-14-4-6-17(22)7-5-14/h1-7,15H,8-11,13H2,(H,24,26). The van der Waals surface area contributed by atoms with E-state index in [9.17, 15) is 14.4 Å². The minimum atomic E-state index is -0.288. The van der Waals surface area contributed by atoms with Gasteiger partial charge in [-0.25, -0.2) is 4.39 Å². The summed E-state index contributed by atoms with van der Waals surface area (Å²) in [4.78, 5) is 14.5. The predicted octanol–water partition coefficient (Wildman–Crippen LogP) is 3.88. The molecule has 1 fully saturated rings. The summed E-state index contributed by atoms with van der Waals surface area (Å²) < 4.78 is 12.9. The Labute approximate surface area is 157 Å². The smallest absolute Gasteiger partial charge is 0.223 e. The number of hydrogen-bond acceptors (Lipinski definition) is 3. The maximum Gasteiger partial charge on any atom is 0.223 e. The average Bonchev–Trinajstić information content (AvgIpc) is 2.67. The molecule has 1 heterocycles. The van der Waals surface area contributed by atoms with Crippen molar-refractivity contribution in [3.8, 4) is 6.07 Å². The van der Waals surface area contributed by atoms with Crippen molar-refractivity contribution in [2.24, 2.45) is 5.92 Å². The van der Waals surface area contributed by atoms with Crippen molar-refractivity contribution in [3.05, 3.63) is 64.4 Å². The van der Waals surface area contributed by atoms with Crippen LogP contribution in [-0.4, -0.2) is 19.0 Å². The third kappa shape index (κ3) is 4.14. The molecule has 0 bridgehead atoms. The number of amides is 1. The Morgan fingerprint density at radius 2 is 1.92 bits per heavy atom. The van der Waals surface area contributed by atoms with Gasteiger partial charge in [0.15, 0.2) is 0 Å². The van der Waals surface area contributed by atoms with E-state index in [0.717, 1.165) is 11.3 Å². The van der Waals surface area contributed by atoms with Crippen LogP contribution >= 0.6 is 11.6 Å². The molecule has 0 spiro atoms. The minimum absolute atomic E-state index is 0.00800. The number of piperidine rings is 1. The second-order valence-corrected chi connectivity index (χ2v) is 6.76. The summed E-state index contributed by atoms with van der Waals surface area (Å²) in [7, 11) is 0. The van der Waals surface area contributed by atoms with Gasteiger partial charge in [-0.2, -0.15) is 5.26 Å². The molecule has 1 saturated heterocycles. The molecule has 26 heavy (non-hydrogen) atoms. The fourth-order valence-electron chi connectivity index (χ4n) is 3.23. The summed E-state index contributed by atoms with van der Waals surface area (Å²) in [6, 6.07) is 13.6. The molecule has 1 aliphatic heterocycles. The van der Waals surface area contributed by atoms with E-state index in [1.165, 1.54) is 12.1 Å². The lowest BCUT2D eigenvalue weighted by Crippen LogP contribution is -2.40. The fraction of sp³-hybridized carbons (Fsp3) is 0.300. The molecule has 1 amide bonds. The number of para-hydroxylation sites is 1. The Kier molecular flexibility index (Phi) is 5.75. The largest absolute Gasteiger partial charge is 0.369 e. The number of nitriles is 1. The van der Waals surface area contributed by atoms with Gasteiger partial charge in [-0.1, -0.05) is 29.8 Å². The van der Waals surface area contributed by atoms with Crippen LogP contribution in [-0.2, 0) is 11.3 Å². The molecule has 134 valence electrons. The molecule has 6 heteroatoms. The monoisotopic (exact) mass is 371 g/mol. The second-order valence-electron chi connectivity index (χ2n) is 6.35. The van der Waals surface area contributed by atoms with E-state index in [2.05, 4.69) is 16.3 Å². The Bertz CT molecular complexity index is 824. The first kappa shape index (κ1) is 18.2.